The largest absolute Gasteiger partial charge is 0.356 e. The van der Waals surface area contributed by atoms with Gasteiger partial charge in [-0.2, -0.15) is 0 Å². The molecule has 1 amide bonds. The maximum absolute atomic E-state index is 13.4. The lowest BCUT2D eigenvalue weighted by Crippen LogP contribution is -2.40. The van der Waals surface area contributed by atoms with Crippen molar-refractivity contribution in [2.24, 2.45) is 5.92 Å². The summed E-state index contributed by atoms with van der Waals surface area (Å²) >= 11 is 1.79. The van der Waals surface area contributed by atoms with Crippen LogP contribution in [0.3, 0.4) is 0 Å². The van der Waals surface area contributed by atoms with Crippen LogP contribution < -0.4 is 0 Å². The summed E-state index contributed by atoms with van der Waals surface area (Å²) in [4.78, 5) is 30.6. The number of rotatable bonds is 7. The summed E-state index contributed by atoms with van der Waals surface area (Å²) in [7, 11) is 0. The van der Waals surface area contributed by atoms with Gasteiger partial charge in [-0.05, 0) is 56.7 Å². The van der Waals surface area contributed by atoms with Crippen LogP contribution in [0.15, 0.2) is 28.8 Å². The van der Waals surface area contributed by atoms with Gasteiger partial charge in [0, 0.05) is 58.1 Å². The van der Waals surface area contributed by atoms with Gasteiger partial charge in [-0.1, -0.05) is 24.9 Å². The third-order valence-corrected chi connectivity index (χ3v) is 8.61. The molecule has 180 valence electrons. The fourth-order valence-corrected chi connectivity index (χ4v) is 6.60. The van der Waals surface area contributed by atoms with Gasteiger partial charge in [0.05, 0.1) is 5.69 Å². The second-order valence-electron chi connectivity index (χ2n) is 9.67. The van der Waals surface area contributed by atoms with Gasteiger partial charge in [-0.15, -0.1) is 11.3 Å². The number of halogens is 1. The number of fused-ring (bicyclic) bond motifs is 2. The van der Waals surface area contributed by atoms with Crippen LogP contribution in [0, 0.1) is 11.7 Å². The number of nitrogens with zero attached hydrogens (tertiary/aromatic N) is 2. The highest BCUT2D eigenvalue weighted by Crippen LogP contribution is 2.36. The molecule has 5 nitrogen and oxygen atoms in total. The van der Waals surface area contributed by atoms with E-state index >= 15 is 0 Å². The Bertz CT molecular complexity index is 1190. The van der Waals surface area contributed by atoms with Gasteiger partial charge >= 0.3 is 0 Å². The van der Waals surface area contributed by atoms with Crippen LogP contribution in [0.5, 0.6) is 0 Å². The molecule has 7 heteroatoms. The number of ketones is 1. The summed E-state index contributed by atoms with van der Waals surface area (Å²) < 4.78 is 18.8. The standard InChI is InChI=1S/C27H31FN2O3S/c1-2-3-4-5-20-16-22-24(34-20)9-6-18(27(22)32)14-25(31)30-12-10-17(11-13-30)26-21-8-7-19(28)15-23(21)33-29-26/h7-8,15-18H,2-6,9-14H2,1H3. The molecule has 5 rings (SSSR count). The van der Waals surface area contributed by atoms with Crippen LogP contribution in [0.4, 0.5) is 4.39 Å². The van der Waals surface area contributed by atoms with Gasteiger partial charge < -0.3 is 9.42 Å². The van der Waals surface area contributed by atoms with Crippen molar-refractivity contribution in [1.82, 2.24) is 10.1 Å². The van der Waals surface area contributed by atoms with E-state index in [-0.39, 0.29) is 29.3 Å². The first-order valence-electron chi connectivity index (χ1n) is 12.5. The van der Waals surface area contributed by atoms with E-state index in [4.69, 9.17) is 4.52 Å². The number of aryl methyl sites for hydroxylation is 2. The normalized spacial score (nSPS) is 19.1. The number of hydrogen-bond acceptors (Lipinski definition) is 5. The maximum Gasteiger partial charge on any atom is 0.223 e. The lowest BCUT2D eigenvalue weighted by molar-refractivity contribution is -0.133. The molecule has 1 fully saturated rings. The molecule has 2 aliphatic rings. The monoisotopic (exact) mass is 482 g/mol. The lowest BCUT2D eigenvalue weighted by atomic mass is 9.84. The van der Waals surface area contributed by atoms with Gasteiger partial charge in [0.1, 0.15) is 5.82 Å². The van der Waals surface area contributed by atoms with Crippen molar-refractivity contribution in [3.05, 3.63) is 51.1 Å². The molecule has 0 spiro atoms. The van der Waals surface area contributed by atoms with Crippen molar-refractivity contribution < 1.29 is 18.5 Å². The minimum Gasteiger partial charge on any atom is -0.356 e. The Labute approximate surface area is 203 Å². The second kappa shape index (κ2) is 9.98. The number of unbranched alkanes of at least 4 members (excludes halogenated alkanes) is 2. The number of piperidine rings is 1. The quantitative estimate of drug-likeness (QED) is 0.371. The van der Waals surface area contributed by atoms with Gasteiger partial charge in [0.25, 0.3) is 0 Å². The third-order valence-electron chi connectivity index (χ3n) is 7.36. The van der Waals surface area contributed by atoms with E-state index in [0.29, 0.717) is 25.1 Å². The number of benzene rings is 1. The molecule has 0 saturated carbocycles. The van der Waals surface area contributed by atoms with Crippen molar-refractivity contribution in [2.75, 3.05) is 13.1 Å². The number of carbonyl (C=O) groups is 2. The van der Waals surface area contributed by atoms with Crippen molar-refractivity contribution >= 4 is 34.0 Å². The number of aromatic nitrogens is 1. The topological polar surface area (TPSA) is 63.4 Å². The maximum atomic E-state index is 13.4. The number of hydrogen-bond donors (Lipinski definition) is 0. The average molecular weight is 483 g/mol. The summed E-state index contributed by atoms with van der Waals surface area (Å²) in [6.07, 6.45) is 8.19. The number of likely N-dealkylation sites (tertiary alicyclic amines) is 1. The molecule has 0 bridgehead atoms. The first-order chi connectivity index (χ1) is 16.5. The Morgan fingerprint density at radius 3 is 2.82 bits per heavy atom. The predicted octanol–water partition coefficient (Wildman–Crippen LogP) is 6.30. The lowest BCUT2D eigenvalue weighted by Gasteiger charge is -2.32. The highest BCUT2D eigenvalue weighted by molar-refractivity contribution is 7.12. The molecule has 3 heterocycles. The fourth-order valence-electron chi connectivity index (χ4n) is 5.37. The average Bonchev–Trinajstić information content (AvgIpc) is 3.45. The van der Waals surface area contributed by atoms with E-state index in [9.17, 15) is 14.0 Å². The van der Waals surface area contributed by atoms with Crippen molar-refractivity contribution in [3.8, 4) is 0 Å². The van der Waals surface area contributed by atoms with Crippen molar-refractivity contribution in [2.45, 2.75) is 70.6 Å². The minimum atomic E-state index is -0.338. The molecule has 1 aliphatic carbocycles. The third kappa shape index (κ3) is 4.67. The van der Waals surface area contributed by atoms with Crippen molar-refractivity contribution in [1.29, 1.82) is 0 Å². The van der Waals surface area contributed by atoms with Gasteiger partial charge in [0.2, 0.25) is 5.91 Å². The molecule has 1 atom stereocenters. The van der Waals surface area contributed by atoms with Crippen LogP contribution in [0.1, 0.15) is 83.6 Å². The van der Waals surface area contributed by atoms with Crippen LogP contribution in [0.25, 0.3) is 11.0 Å². The number of Topliss-reactive ketones (excluding diaryl/α,β-unsaturated/α-hetero) is 1. The Balaban J connectivity index is 1.17. The number of carbonyl (C=O) groups excluding carboxylic acids is 2. The zero-order valence-corrected chi connectivity index (χ0v) is 20.5. The molecular weight excluding hydrogens is 451 g/mol. The molecule has 1 aliphatic heterocycles. The Kier molecular flexibility index (Phi) is 6.82. The smallest absolute Gasteiger partial charge is 0.223 e. The van der Waals surface area contributed by atoms with E-state index < -0.39 is 0 Å². The zero-order valence-electron chi connectivity index (χ0n) is 19.6. The number of amides is 1. The first kappa shape index (κ1) is 23.2. The molecule has 2 aromatic heterocycles. The van der Waals surface area contributed by atoms with Crippen LogP contribution in [-0.4, -0.2) is 34.8 Å². The van der Waals surface area contributed by atoms with E-state index in [0.717, 1.165) is 48.7 Å². The van der Waals surface area contributed by atoms with E-state index in [1.165, 1.54) is 41.1 Å². The van der Waals surface area contributed by atoms with Gasteiger partial charge in [-0.3, -0.25) is 9.59 Å². The summed E-state index contributed by atoms with van der Waals surface area (Å²) in [5.74, 6) is -0.124. The van der Waals surface area contributed by atoms with Crippen LogP contribution in [-0.2, 0) is 17.6 Å². The molecule has 1 saturated heterocycles. The molecule has 1 unspecified atom stereocenters. The summed E-state index contributed by atoms with van der Waals surface area (Å²) in [5.41, 5.74) is 2.18. The van der Waals surface area contributed by atoms with Gasteiger partial charge in [0.15, 0.2) is 11.4 Å². The zero-order chi connectivity index (χ0) is 23.7. The van der Waals surface area contributed by atoms with E-state index in [1.807, 2.05) is 4.90 Å². The molecule has 1 aromatic carbocycles. The molecule has 34 heavy (non-hydrogen) atoms. The molecule has 3 aromatic rings. The molecular formula is C27H31FN2O3S. The van der Waals surface area contributed by atoms with Crippen molar-refractivity contribution in [3.63, 3.8) is 0 Å². The summed E-state index contributed by atoms with van der Waals surface area (Å²) in [6.45, 7) is 3.49. The molecule has 0 N–H and O–H groups in total. The second-order valence-corrected chi connectivity index (χ2v) is 10.9. The SMILES string of the molecule is CCCCCc1cc2c(s1)CCC(CC(=O)N1CCC(c3noc4cc(F)ccc34)CC1)C2=O. The fraction of sp³-hybridized carbons (Fsp3) is 0.519. The highest BCUT2D eigenvalue weighted by atomic mass is 32.1. The van der Waals surface area contributed by atoms with E-state index in [1.54, 1.807) is 17.4 Å². The number of thiophene rings is 1. The first-order valence-corrected chi connectivity index (χ1v) is 13.3. The summed E-state index contributed by atoms with van der Waals surface area (Å²) in [6, 6.07) is 6.60. The Morgan fingerprint density at radius 2 is 2.03 bits per heavy atom. The molecule has 0 radical (unpaired) electrons. The van der Waals surface area contributed by atoms with Crippen LogP contribution >= 0.6 is 11.3 Å². The summed E-state index contributed by atoms with van der Waals surface area (Å²) in [5, 5.41) is 5.04. The Hall–Kier alpha value is -2.54. The highest BCUT2D eigenvalue weighted by Gasteiger charge is 2.33. The minimum absolute atomic E-state index is 0.0748. The Morgan fingerprint density at radius 1 is 1.21 bits per heavy atom. The van der Waals surface area contributed by atoms with Crippen LogP contribution in [0.2, 0.25) is 0 Å². The van der Waals surface area contributed by atoms with E-state index in [2.05, 4.69) is 18.1 Å². The van der Waals surface area contributed by atoms with Gasteiger partial charge in [-0.25, -0.2) is 4.39 Å². The predicted molar refractivity (Wildman–Crippen MR) is 131 cm³/mol.